The van der Waals surface area contributed by atoms with Crippen molar-refractivity contribution in [2.24, 2.45) is 0 Å². The lowest BCUT2D eigenvalue weighted by Gasteiger charge is -2.21. The van der Waals surface area contributed by atoms with Gasteiger partial charge in [0, 0.05) is 13.1 Å². The molecule has 21 heavy (non-hydrogen) atoms. The smallest absolute Gasteiger partial charge is 0.342 e. The van der Waals surface area contributed by atoms with E-state index in [2.05, 4.69) is 0 Å². The maximum Gasteiger partial charge on any atom is 0.342 e. The molecular formula is C15H22N2O4. The van der Waals surface area contributed by atoms with Crippen LogP contribution in [0.25, 0.3) is 0 Å². The van der Waals surface area contributed by atoms with E-state index in [1.807, 2.05) is 13.8 Å². The molecule has 2 N–H and O–H groups in total. The molecule has 1 aromatic rings. The maximum atomic E-state index is 12.1. The standard InChI is InChI=1S/C15H22N2O4/c1-5-20-14-11(7-6-8-12(14)16)15(19)21-9-13(18)17(4)10(2)3/h6-8,10H,5,9,16H2,1-4H3. The SMILES string of the molecule is CCOc1c(N)cccc1C(=O)OCC(=O)N(C)C(C)C. The number of nitrogens with two attached hydrogens (primary N) is 1. The largest absolute Gasteiger partial charge is 0.491 e. The molecule has 0 aliphatic carbocycles. The first-order valence-electron chi connectivity index (χ1n) is 6.82. The molecule has 0 aliphatic heterocycles. The van der Waals surface area contributed by atoms with Crippen LogP contribution in [0.1, 0.15) is 31.1 Å². The van der Waals surface area contributed by atoms with Crippen LogP contribution in [0.15, 0.2) is 18.2 Å². The van der Waals surface area contributed by atoms with Gasteiger partial charge in [0.2, 0.25) is 0 Å². The Morgan fingerprint density at radius 1 is 1.33 bits per heavy atom. The van der Waals surface area contributed by atoms with E-state index >= 15 is 0 Å². The topological polar surface area (TPSA) is 81.9 Å². The Kier molecular flexibility index (Phi) is 6.02. The van der Waals surface area contributed by atoms with E-state index in [0.717, 1.165) is 0 Å². The van der Waals surface area contributed by atoms with Gasteiger partial charge < -0.3 is 20.1 Å². The molecule has 1 amide bonds. The number of carbonyl (C=O) groups is 2. The summed E-state index contributed by atoms with van der Waals surface area (Å²) in [7, 11) is 1.66. The zero-order chi connectivity index (χ0) is 16.0. The first-order valence-corrected chi connectivity index (χ1v) is 6.82. The summed E-state index contributed by atoms with van der Waals surface area (Å²) in [6.07, 6.45) is 0. The summed E-state index contributed by atoms with van der Waals surface area (Å²) in [4.78, 5) is 25.4. The maximum absolute atomic E-state index is 12.1. The van der Waals surface area contributed by atoms with Gasteiger partial charge in [-0.15, -0.1) is 0 Å². The fourth-order valence-electron chi connectivity index (χ4n) is 1.62. The molecule has 6 heteroatoms. The van der Waals surface area contributed by atoms with E-state index in [0.29, 0.717) is 12.3 Å². The highest BCUT2D eigenvalue weighted by Crippen LogP contribution is 2.27. The first kappa shape index (κ1) is 16.8. The Morgan fingerprint density at radius 2 is 2.00 bits per heavy atom. The summed E-state index contributed by atoms with van der Waals surface area (Å²) >= 11 is 0. The van der Waals surface area contributed by atoms with Gasteiger partial charge in [0.15, 0.2) is 12.4 Å². The molecule has 0 aliphatic rings. The molecule has 0 bridgehead atoms. The van der Waals surface area contributed by atoms with Gasteiger partial charge in [-0.3, -0.25) is 4.79 Å². The van der Waals surface area contributed by atoms with E-state index in [1.54, 1.807) is 32.2 Å². The molecule has 0 atom stereocenters. The third kappa shape index (κ3) is 4.37. The van der Waals surface area contributed by atoms with Crippen molar-refractivity contribution >= 4 is 17.6 Å². The Balaban J connectivity index is 2.77. The number of carbonyl (C=O) groups excluding carboxylic acids is 2. The highest BCUT2D eigenvalue weighted by atomic mass is 16.5. The number of para-hydroxylation sites is 1. The van der Waals surface area contributed by atoms with Crippen LogP contribution in [-0.2, 0) is 9.53 Å². The van der Waals surface area contributed by atoms with Gasteiger partial charge in [0.1, 0.15) is 5.56 Å². The van der Waals surface area contributed by atoms with E-state index in [9.17, 15) is 9.59 Å². The first-order chi connectivity index (χ1) is 9.88. The van der Waals surface area contributed by atoms with Gasteiger partial charge in [-0.2, -0.15) is 0 Å². The number of rotatable bonds is 6. The van der Waals surface area contributed by atoms with Gasteiger partial charge in [0.05, 0.1) is 12.3 Å². The van der Waals surface area contributed by atoms with Crippen molar-refractivity contribution in [3.8, 4) is 5.75 Å². The van der Waals surface area contributed by atoms with Crippen LogP contribution in [0.4, 0.5) is 5.69 Å². The second-order valence-corrected chi connectivity index (χ2v) is 4.83. The molecule has 1 aromatic carbocycles. The molecule has 0 aromatic heterocycles. The Hall–Kier alpha value is -2.24. The van der Waals surface area contributed by atoms with Crippen molar-refractivity contribution < 1.29 is 19.1 Å². The number of likely N-dealkylation sites (N-methyl/N-ethyl adjacent to an activating group) is 1. The zero-order valence-corrected chi connectivity index (χ0v) is 12.9. The number of anilines is 1. The molecule has 116 valence electrons. The van der Waals surface area contributed by atoms with Crippen LogP contribution in [0.3, 0.4) is 0 Å². The predicted molar refractivity (Wildman–Crippen MR) is 80.2 cm³/mol. The molecule has 6 nitrogen and oxygen atoms in total. The highest BCUT2D eigenvalue weighted by Gasteiger charge is 2.19. The summed E-state index contributed by atoms with van der Waals surface area (Å²) in [5.41, 5.74) is 6.36. The molecule has 0 heterocycles. The van der Waals surface area contributed by atoms with Crippen LogP contribution in [0.2, 0.25) is 0 Å². The van der Waals surface area contributed by atoms with Crippen molar-refractivity contribution in [3.63, 3.8) is 0 Å². The van der Waals surface area contributed by atoms with Gasteiger partial charge in [-0.05, 0) is 32.9 Å². The monoisotopic (exact) mass is 294 g/mol. The molecule has 1 rings (SSSR count). The van der Waals surface area contributed by atoms with E-state index in [1.165, 1.54) is 4.90 Å². The average Bonchev–Trinajstić information content (AvgIpc) is 2.45. The molecule has 0 unspecified atom stereocenters. The fraction of sp³-hybridized carbons (Fsp3) is 0.467. The predicted octanol–water partition coefficient (Wildman–Crippen LogP) is 1.69. The zero-order valence-electron chi connectivity index (χ0n) is 12.9. The summed E-state index contributed by atoms with van der Waals surface area (Å²) in [5.74, 6) is -0.605. The number of nitrogen functional groups attached to an aromatic ring is 1. The van der Waals surface area contributed by atoms with Gasteiger partial charge >= 0.3 is 5.97 Å². The van der Waals surface area contributed by atoms with E-state index in [-0.39, 0.29) is 29.9 Å². The summed E-state index contributed by atoms with van der Waals surface area (Å²) in [5, 5.41) is 0. The normalized spacial score (nSPS) is 10.3. The minimum Gasteiger partial charge on any atom is -0.491 e. The molecule has 0 spiro atoms. The number of benzene rings is 1. The number of hydrogen-bond donors (Lipinski definition) is 1. The van der Waals surface area contributed by atoms with Crippen molar-refractivity contribution in [2.75, 3.05) is 26.0 Å². The van der Waals surface area contributed by atoms with Gasteiger partial charge in [-0.1, -0.05) is 6.07 Å². The minimum absolute atomic E-state index is 0.0440. The lowest BCUT2D eigenvalue weighted by atomic mass is 10.1. The van der Waals surface area contributed by atoms with Crippen LogP contribution in [-0.4, -0.2) is 43.1 Å². The molecule has 0 saturated heterocycles. The third-order valence-electron chi connectivity index (χ3n) is 3.05. The average molecular weight is 294 g/mol. The lowest BCUT2D eigenvalue weighted by Crippen LogP contribution is -2.36. The summed E-state index contributed by atoms with van der Waals surface area (Å²) in [6.45, 7) is 5.62. The van der Waals surface area contributed by atoms with E-state index in [4.69, 9.17) is 15.2 Å². The summed E-state index contributed by atoms with van der Waals surface area (Å²) < 4.78 is 10.4. The van der Waals surface area contributed by atoms with Crippen LogP contribution < -0.4 is 10.5 Å². The third-order valence-corrected chi connectivity index (χ3v) is 3.05. The Bertz CT molecular complexity index is 514. The molecule has 0 radical (unpaired) electrons. The van der Waals surface area contributed by atoms with Crippen molar-refractivity contribution in [1.29, 1.82) is 0 Å². The number of nitrogens with zero attached hydrogens (tertiary/aromatic N) is 1. The quantitative estimate of drug-likeness (QED) is 0.638. The number of esters is 1. The Morgan fingerprint density at radius 3 is 2.57 bits per heavy atom. The Labute approximate surface area is 124 Å². The fourth-order valence-corrected chi connectivity index (χ4v) is 1.62. The van der Waals surface area contributed by atoms with Crippen molar-refractivity contribution in [2.45, 2.75) is 26.8 Å². The van der Waals surface area contributed by atoms with Crippen LogP contribution in [0.5, 0.6) is 5.75 Å². The number of hydrogen-bond acceptors (Lipinski definition) is 5. The van der Waals surface area contributed by atoms with Gasteiger partial charge in [-0.25, -0.2) is 4.79 Å². The summed E-state index contributed by atoms with van der Waals surface area (Å²) in [6, 6.07) is 4.87. The lowest BCUT2D eigenvalue weighted by molar-refractivity contribution is -0.134. The second kappa shape index (κ2) is 7.52. The van der Waals surface area contributed by atoms with E-state index < -0.39 is 5.97 Å². The number of ether oxygens (including phenoxy) is 2. The minimum atomic E-state index is -0.628. The van der Waals surface area contributed by atoms with Crippen LogP contribution in [0, 0.1) is 0 Å². The van der Waals surface area contributed by atoms with Crippen LogP contribution >= 0.6 is 0 Å². The highest BCUT2D eigenvalue weighted by molar-refractivity contribution is 5.95. The van der Waals surface area contributed by atoms with Crippen molar-refractivity contribution in [1.82, 2.24) is 4.90 Å². The van der Waals surface area contributed by atoms with Gasteiger partial charge in [0.25, 0.3) is 5.91 Å². The molecule has 0 saturated carbocycles. The second-order valence-electron chi connectivity index (χ2n) is 4.83. The molecule has 0 fully saturated rings. The molecular weight excluding hydrogens is 272 g/mol. The number of amides is 1. The van der Waals surface area contributed by atoms with Crippen molar-refractivity contribution in [3.05, 3.63) is 23.8 Å².